The zero-order valence-corrected chi connectivity index (χ0v) is 12.5. The Labute approximate surface area is 120 Å². The number of sulfonamides is 1. The van der Waals surface area contributed by atoms with Crippen LogP contribution in [0.4, 0.5) is 0 Å². The first kappa shape index (κ1) is 14.9. The molecular weight excluding hydrogens is 306 g/mol. The third-order valence-corrected chi connectivity index (χ3v) is 3.85. The maximum atomic E-state index is 11.1. The van der Waals surface area contributed by atoms with Gasteiger partial charge in [-0.1, -0.05) is 25.4 Å². The number of halogens is 1. The van der Waals surface area contributed by atoms with Crippen molar-refractivity contribution >= 4 is 27.3 Å². The number of hydrogen-bond donors (Lipinski definition) is 1. The third kappa shape index (κ3) is 3.78. The minimum absolute atomic E-state index is 0.0936. The summed E-state index contributed by atoms with van der Waals surface area (Å²) in [4.78, 5) is 3.93. The monoisotopic (exact) mass is 319 g/mol. The van der Waals surface area contributed by atoms with Crippen LogP contribution < -0.4 is 9.88 Å². The van der Waals surface area contributed by atoms with E-state index in [1.807, 2.05) is 0 Å². The Morgan fingerprint density at radius 2 is 2.20 bits per heavy atom. The zero-order chi connectivity index (χ0) is 15.0. The Kier molecular flexibility index (Phi) is 3.85. The van der Waals surface area contributed by atoms with E-state index < -0.39 is 15.4 Å². The van der Waals surface area contributed by atoms with Gasteiger partial charge >= 0.3 is 0 Å². The second-order valence-corrected chi connectivity index (χ2v) is 7.19. The lowest BCUT2D eigenvalue weighted by Gasteiger charge is -2.23. The molecule has 0 atom stereocenters. The van der Waals surface area contributed by atoms with Crippen LogP contribution >= 0.6 is 11.6 Å². The summed E-state index contributed by atoms with van der Waals surface area (Å²) >= 11 is 6.01. The van der Waals surface area contributed by atoms with Crippen LogP contribution in [0, 0.1) is 5.41 Å². The molecule has 0 aliphatic carbocycles. The molecule has 0 aliphatic heterocycles. The van der Waals surface area contributed by atoms with Crippen molar-refractivity contribution in [3.63, 3.8) is 0 Å². The van der Waals surface area contributed by atoms with Gasteiger partial charge < -0.3 is 4.74 Å². The van der Waals surface area contributed by atoms with Gasteiger partial charge in [-0.25, -0.2) is 18.5 Å². The lowest BCUT2D eigenvalue weighted by atomic mass is 9.98. The highest BCUT2D eigenvalue weighted by atomic mass is 35.5. The Balaban J connectivity index is 2.14. The van der Waals surface area contributed by atoms with Gasteiger partial charge in [-0.05, 0) is 0 Å². The van der Waals surface area contributed by atoms with Gasteiger partial charge in [-0.2, -0.15) is 0 Å². The summed E-state index contributed by atoms with van der Waals surface area (Å²) in [5.74, 6) is -0.0458. The second-order valence-electron chi connectivity index (χ2n) is 5.17. The van der Waals surface area contributed by atoms with Crippen LogP contribution in [0.5, 0.6) is 5.88 Å². The second kappa shape index (κ2) is 5.15. The summed E-state index contributed by atoms with van der Waals surface area (Å²) in [5, 5.41) is 13.2. The van der Waals surface area contributed by atoms with E-state index in [2.05, 4.69) is 15.2 Å². The highest BCUT2D eigenvalue weighted by Gasteiger charge is 2.25. The Bertz CT molecular complexity index is 728. The first-order valence-corrected chi connectivity index (χ1v) is 7.75. The van der Waals surface area contributed by atoms with Crippen molar-refractivity contribution in [3.8, 4) is 5.88 Å². The fraction of sp³-hybridized carbons (Fsp3) is 0.500. The van der Waals surface area contributed by atoms with Crippen molar-refractivity contribution in [2.24, 2.45) is 10.6 Å². The highest BCUT2D eigenvalue weighted by molar-refractivity contribution is 7.89. The lowest BCUT2D eigenvalue weighted by molar-refractivity contribution is 0.191. The van der Waals surface area contributed by atoms with Crippen LogP contribution in [-0.4, -0.2) is 40.6 Å². The molecule has 0 saturated heterocycles. The van der Waals surface area contributed by atoms with Crippen molar-refractivity contribution in [2.45, 2.75) is 13.8 Å². The maximum absolute atomic E-state index is 11.1. The van der Waals surface area contributed by atoms with E-state index in [0.29, 0.717) is 5.65 Å². The Morgan fingerprint density at radius 1 is 1.50 bits per heavy atom. The van der Waals surface area contributed by atoms with Crippen LogP contribution in [0.1, 0.15) is 13.8 Å². The Hall–Kier alpha value is -1.45. The van der Waals surface area contributed by atoms with Crippen LogP contribution in [0.2, 0.25) is 5.02 Å². The predicted molar refractivity (Wildman–Crippen MR) is 73.0 cm³/mol. The summed E-state index contributed by atoms with van der Waals surface area (Å²) in [6, 6.07) is 1.56. The van der Waals surface area contributed by atoms with Gasteiger partial charge in [0, 0.05) is 11.5 Å². The van der Waals surface area contributed by atoms with Gasteiger partial charge in [0.1, 0.15) is 11.3 Å². The molecule has 0 saturated carbocycles. The molecule has 8 nitrogen and oxygen atoms in total. The molecule has 0 aliphatic rings. The van der Waals surface area contributed by atoms with Crippen LogP contribution in [-0.2, 0) is 10.0 Å². The summed E-state index contributed by atoms with van der Waals surface area (Å²) in [5.41, 5.74) is -0.179. The molecule has 0 radical (unpaired) electrons. The molecule has 0 fully saturated rings. The molecule has 0 amide bonds. The molecule has 20 heavy (non-hydrogen) atoms. The molecule has 10 heteroatoms. The molecule has 2 aromatic heterocycles. The van der Waals surface area contributed by atoms with Gasteiger partial charge in [0.05, 0.1) is 12.4 Å². The minimum atomic E-state index is -3.58. The number of primary sulfonamides is 1. The van der Waals surface area contributed by atoms with Crippen molar-refractivity contribution in [1.82, 2.24) is 19.8 Å². The number of fused-ring (bicyclic) bond motifs is 1. The summed E-state index contributed by atoms with van der Waals surface area (Å²) in [7, 11) is -3.58. The van der Waals surface area contributed by atoms with E-state index in [1.165, 1.54) is 11.0 Å². The number of nitrogens with two attached hydrogens (primary N) is 1. The lowest BCUT2D eigenvalue weighted by Crippen LogP contribution is -2.33. The number of rotatable bonds is 5. The topological polar surface area (TPSA) is 112 Å². The Morgan fingerprint density at radius 3 is 2.85 bits per heavy atom. The molecule has 2 heterocycles. The SMILES string of the molecule is CC(C)(COc1nn2ncnc2cc1Cl)CS(N)(=O)=O. The predicted octanol–water partition coefficient (Wildman–Crippen LogP) is 0.471. The number of ether oxygens (including phenoxy) is 1. The van der Waals surface area contributed by atoms with Gasteiger partial charge in [-0.3, -0.25) is 0 Å². The average Bonchev–Trinajstić information content (AvgIpc) is 2.69. The molecule has 0 spiro atoms. The molecule has 2 aromatic rings. The van der Waals surface area contributed by atoms with Crippen molar-refractivity contribution < 1.29 is 13.2 Å². The number of aromatic nitrogens is 4. The van der Waals surface area contributed by atoms with Crippen molar-refractivity contribution in [3.05, 3.63) is 17.4 Å². The van der Waals surface area contributed by atoms with Gasteiger partial charge in [0.25, 0.3) is 5.88 Å². The fourth-order valence-electron chi connectivity index (χ4n) is 1.67. The summed E-state index contributed by atoms with van der Waals surface area (Å²) in [6.07, 6.45) is 1.34. The smallest absolute Gasteiger partial charge is 0.252 e. The standard InChI is InChI=1S/C10H14ClN5O3S/c1-10(2,5-20(12,17)18)4-19-9-7(11)3-8-13-6-14-16(8)15-9/h3,6H,4-5H2,1-2H3,(H2,12,17,18). The van der Waals surface area contributed by atoms with Gasteiger partial charge in [0.2, 0.25) is 10.0 Å². The minimum Gasteiger partial charge on any atom is -0.475 e. The number of nitrogens with zero attached hydrogens (tertiary/aromatic N) is 4. The quantitative estimate of drug-likeness (QED) is 0.857. The molecule has 0 bridgehead atoms. The molecule has 0 aromatic carbocycles. The van der Waals surface area contributed by atoms with Crippen LogP contribution in [0.15, 0.2) is 12.4 Å². The van der Waals surface area contributed by atoms with E-state index >= 15 is 0 Å². The van der Waals surface area contributed by atoms with E-state index in [9.17, 15) is 8.42 Å². The fourth-order valence-corrected chi connectivity index (χ4v) is 3.04. The summed E-state index contributed by atoms with van der Waals surface area (Å²) < 4.78 is 29.0. The maximum Gasteiger partial charge on any atom is 0.252 e. The average molecular weight is 320 g/mol. The largest absolute Gasteiger partial charge is 0.475 e. The third-order valence-electron chi connectivity index (χ3n) is 2.39. The van der Waals surface area contributed by atoms with E-state index in [-0.39, 0.29) is 23.3 Å². The van der Waals surface area contributed by atoms with Crippen molar-refractivity contribution in [2.75, 3.05) is 12.4 Å². The normalized spacial score (nSPS) is 12.8. The summed E-state index contributed by atoms with van der Waals surface area (Å²) in [6.45, 7) is 3.54. The first-order chi connectivity index (χ1) is 9.16. The number of hydrogen-bond acceptors (Lipinski definition) is 6. The van der Waals surface area contributed by atoms with Crippen molar-refractivity contribution in [1.29, 1.82) is 0 Å². The van der Waals surface area contributed by atoms with E-state index in [0.717, 1.165) is 0 Å². The van der Waals surface area contributed by atoms with E-state index in [4.69, 9.17) is 21.5 Å². The molecular formula is C10H14ClN5O3S. The van der Waals surface area contributed by atoms with Gasteiger partial charge in [-0.15, -0.1) is 14.8 Å². The first-order valence-electron chi connectivity index (χ1n) is 5.66. The molecule has 110 valence electrons. The van der Waals surface area contributed by atoms with Gasteiger partial charge in [0.15, 0.2) is 5.65 Å². The van der Waals surface area contributed by atoms with E-state index in [1.54, 1.807) is 19.9 Å². The zero-order valence-electron chi connectivity index (χ0n) is 10.9. The van der Waals surface area contributed by atoms with Crippen LogP contribution in [0.3, 0.4) is 0 Å². The van der Waals surface area contributed by atoms with Crippen LogP contribution in [0.25, 0.3) is 5.65 Å². The molecule has 2 rings (SSSR count). The molecule has 0 unspecified atom stereocenters. The highest BCUT2D eigenvalue weighted by Crippen LogP contribution is 2.25. The molecule has 2 N–H and O–H groups in total.